The van der Waals surface area contributed by atoms with Crippen LogP contribution in [0.15, 0.2) is 0 Å². The summed E-state index contributed by atoms with van der Waals surface area (Å²) in [6.45, 7) is 4.82. The minimum absolute atomic E-state index is 0. The summed E-state index contributed by atoms with van der Waals surface area (Å²) >= 11 is 0. The van der Waals surface area contributed by atoms with E-state index < -0.39 is 10.1 Å². The van der Waals surface area contributed by atoms with Crippen molar-refractivity contribution in [2.24, 2.45) is 0 Å². The lowest BCUT2D eigenvalue weighted by molar-refractivity contribution is 0.305. The minimum atomic E-state index is -3.29. The van der Waals surface area contributed by atoms with Gasteiger partial charge in [-0.15, -0.1) is 0 Å². The highest BCUT2D eigenvalue weighted by atomic mass is 32.2. The van der Waals surface area contributed by atoms with Gasteiger partial charge in [0.2, 0.25) is 0 Å². The third-order valence-electron chi connectivity index (χ3n) is 4.76. The zero-order chi connectivity index (χ0) is 18.6. The summed E-state index contributed by atoms with van der Waals surface area (Å²) in [5, 5.41) is 0. The van der Waals surface area contributed by atoms with Gasteiger partial charge >= 0.3 is 0 Å². The number of rotatable bonds is 20. The summed E-state index contributed by atoms with van der Waals surface area (Å²) < 4.78 is 28.7. The molecule has 0 spiro atoms. The van der Waals surface area contributed by atoms with Crippen molar-refractivity contribution in [2.45, 2.75) is 123 Å². The topological polar surface area (TPSA) is 78.4 Å². The van der Waals surface area contributed by atoms with Gasteiger partial charge in [-0.25, -0.2) is 0 Å². The van der Waals surface area contributed by atoms with Gasteiger partial charge in [-0.3, -0.25) is 4.18 Å². The summed E-state index contributed by atoms with van der Waals surface area (Å²) in [6.07, 6.45) is 20.5. The molecule has 5 heteroatoms. The Hall–Kier alpha value is -0.130. The van der Waals surface area contributed by atoms with Gasteiger partial charge in [-0.1, -0.05) is 110 Å². The Morgan fingerprint density at radius 1 is 0.538 bits per heavy atom. The molecule has 0 aromatic heterocycles. The van der Waals surface area contributed by atoms with E-state index in [0.717, 1.165) is 32.1 Å². The van der Waals surface area contributed by atoms with Gasteiger partial charge in [0, 0.05) is 0 Å². The van der Waals surface area contributed by atoms with Crippen LogP contribution in [0, 0.1) is 0 Å². The van der Waals surface area contributed by atoms with Crippen molar-refractivity contribution in [2.75, 3.05) is 12.4 Å². The van der Waals surface area contributed by atoms with Gasteiger partial charge in [-0.2, -0.15) is 8.42 Å². The van der Waals surface area contributed by atoms with Gasteiger partial charge in [0.15, 0.2) is 0 Å². The Labute approximate surface area is 164 Å². The van der Waals surface area contributed by atoms with Crippen LogP contribution in [0.5, 0.6) is 0 Å². The summed E-state index contributed by atoms with van der Waals surface area (Å²) in [5.74, 6) is 0.193. The van der Waals surface area contributed by atoms with Crippen LogP contribution in [0.3, 0.4) is 0 Å². The molecule has 0 bridgehead atoms. The van der Waals surface area contributed by atoms with E-state index in [-0.39, 0.29) is 11.9 Å². The molecule has 0 rings (SSSR count). The van der Waals surface area contributed by atoms with E-state index in [2.05, 4.69) is 13.8 Å². The van der Waals surface area contributed by atoms with E-state index in [1.807, 2.05) is 0 Å². The maximum Gasteiger partial charge on any atom is 0.267 e. The first kappa shape index (κ1) is 28.1. The van der Waals surface area contributed by atoms with Crippen molar-refractivity contribution >= 4 is 10.1 Å². The molecule has 0 atom stereocenters. The summed E-state index contributed by atoms with van der Waals surface area (Å²) in [6, 6.07) is 0. The molecule has 0 aliphatic rings. The third-order valence-corrected chi connectivity index (χ3v) is 6.07. The summed E-state index contributed by atoms with van der Waals surface area (Å²) in [5.41, 5.74) is 0. The summed E-state index contributed by atoms with van der Waals surface area (Å²) in [7, 11) is -3.29. The maximum atomic E-state index is 11.8. The van der Waals surface area contributed by atoms with Crippen LogP contribution in [0.25, 0.3) is 0 Å². The molecule has 0 aromatic rings. The zero-order valence-electron chi connectivity index (χ0n) is 17.8. The Morgan fingerprint density at radius 2 is 0.885 bits per heavy atom. The van der Waals surface area contributed by atoms with Crippen LogP contribution in [0.1, 0.15) is 123 Å². The first-order valence-corrected chi connectivity index (χ1v) is 12.6. The fourth-order valence-electron chi connectivity index (χ4n) is 3.07. The molecule has 0 saturated heterocycles. The molecule has 0 heterocycles. The van der Waals surface area contributed by atoms with Gasteiger partial charge < -0.3 is 6.15 Å². The van der Waals surface area contributed by atoms with E-state index in [4.69, 9.17) is 4.18 Å². The van der Waals surface area contributed by atoms with Gasteiger partial charge in [0.1, 0.15) is 0 Å². The van der Waals surface area contributed by atoms with Gasteiger partial charge in [0.05, 0.1) is 12.4 Å². The Bertz CT molecular complexity index is 358. The molecular formula is C21H47NO3S. The van der Waals surface area contributed by atoms with Crippen LogP contribution in [0.4, 0.5) is 0 Å². The molecule has 0 saturated carbocycles. The van der Waals surface area contributed by atoms with Crippen molar-refractivity contribution in [3.63, 3.8) is 0 Å². The molecule has 3 N–H and O–H groups in total. The standard InChI is InChI=1S/C21H44O3S.H3N/c1-3-5-7-9-11-12-13-14-16-18-20-24-25(22,23)21-19-17-15-10-8-6-4-2;/h3-21H2,1-2H3;1H3. The first-order chi connectivity index (χ1) is 12.1. The quantitative estimate of drug-likeness (QED) is 0.176. The van der Waals surface area contributed by atoms with Crippen molar-refractivity contribution in [3.8, 4) is 0 Å². The van der Waals surface area contributed by atoms with E-state index in [9.17, 15) is 8.42 Å². The smallest absolute Gasteiger partial charge is 0.267 e. The van der Waals surface area contributed by atoms with Crippen molar-refractivity contribution < 1.29 is 12.6 Å². The normalized spacial score (nSPS) is 11.5. The fourth-order valence-corrected chi connectivity index (χ4v) is 4.12. The highest BCUT2D eigenvalue weighted by Crippen LogP contribution is 2.12. The molecule has 0 radical (unpaired) electrons. The second-order valence-electron chi connectivity index (χ2n) is 7.39. The van der Waals surface area contributed by atoms with Crippen molar-refractivity contribution in [1.82, 2.24) is 6.15 Å². The maximum absolute atomic E-state index is 11.8. The van der Waals surface area contributed by atoms with Crippen molar-refractivity contribution in [3.05, 3.63) is 0 Å². The lowest BCUT2D eigenvalue weighted by Gasteiger charge is -2.06. The predicted molar refractivity (Wildman–Crippen MR) is 115 cm³/mol. The zero-order valence-corrected chi connectivity index (χ0v) is 18.6. The van der Waals surface area contributed by atoms with Crippen molar-refractivity contribution in [1.29, 1.82) is 0 Å². The predicted octanol–water partition coefficient (Wildman–Crippen LogP) is 7.17. The van der Waals surface area contributed by atoms with Gasteiger partial charge in [-0.05, 0) is 12.8 Å². The molecule has 0 aliphatic carbocycles. The average molecular weight is 394 g/mol. The van der Waals surface area contributed by atoms with Crippen LogP contribution in [-0.2, 0) is 14.3 Å². The number of hydrogen-bond donors (Lipinski definition) is 1. The highest BCUT2D eigenvalue weighted by molar-refractivity contribution is 7.86. The SMILES string of the molecule is CCCCCCCCCCCCOS(=O)(=O)CCCCCCCCC.N. The molecule has 0 aromatic carbocycles. The van der Waals surface area contributed by atoms with E-state index in [1.54, 1.807) is 0 Å². The van der Waals surface area contributed by atoms with E-state index >= 15 is 0 Å². The molecule has 0 amide bonds. The Morgan fingerprint density at radius 3 is 1.31 bits per heavy atom. The van der Waals surface area contributed by atoms with Crippen LogP contribution >= 0.6 is 0 Å². The second-order valence-corrected chi connectivity index (χ2v) is 9.15. The molecule has 4 nitrogen and oxygen atoms in total. The summed E-state index contributed by atoms with van der Waals surface area (Å²) in [4.78, 5) is 0. The Balaban J connectivity index is 0. The molecular weight excluding hydrogens is 346 g/mol. The monoisotopic (exact) mass is 393 g/mol. The lowest BCUT2D eigenvalue weighted by atomic mass is 10.1. The van der Waals surface area contributed by atoms with E-state index in [1.165, 1.54) is 77.0 Å². The van der Waals surface area contributed by atoms with Gasteiger partial charge in [0.25, 0.3) is 10.1 Å². The van der Waals surface area contributed by atoms with Crippen LogP contribution < -0.4 is 6.15 Å². The molecule has 26 heavy (non-hydrogen) atoms. The molecule has 0 unspecified atom stereocenters. The van der Waals surface area contributed by atoms with E-state index in [0.29, 0.717) is 6.61 Å². The third kappa shape index (κ3) is 21.9. The fraction of sp³-hybridized carbons (Fsp3) is 1.00. The van der Waals surface area contributed by atoms with Crippen LogP contribution in [-0.4, -0.2) is 20.8 Å². The lowest BCUT2D eigenvalue weighted by Crippen LogP contribution is -2.11. The second kappa shape index (κ2) is 21.2. The largest absolute Gasteiger partial charge is 0.344 e. The molecule has 0 fully saturated rings. The minimum Gasteiger partial charge on any atom is -0.344 e. The highest BCUT2D eigenvalue weighted by Gasteiger charge is 2.10. The Kier molecular flexibility index (Phi) is 22.9. The number of unbranched alkanes of at least 4 members (excludes halogenated alkanes) is 15. The first-order valence-electron chi connectivity index (χ1n) is 11.0. The molecule has 160 valence electrons. The average Bonchev–Trinajstić information content (AvgIpc) is 2.59. The van der Waals surface area contributed by atoms with Crippen LogP contribution in [0.2, 0.25) is 0 Å². The number of hydrogen-bond acceptors (Lipinski definition) is 4. The molecule has 0 aliphatic heterocycles.